The quantitative estimate of drug-likeness (QED) is 0.589. The Kier molecular flexibility index (Phi) is 5.93. The largest absolute Gasteiger partial charge is 0.508 e. The molecule has 0 bridgehead atoms. The van der Waals surface area contributed by atoms with Gasteiger partial charge in [0.15, 0.2) is 11.5 Å². The summed E-state index contributed by atoms with van der Waals surface area (Å²) in [6, 6.07) is 15.4. The van der Waals surface area contributed by atoms with Crippen LogP contribution in [-0.2, 0) is 13.0 Å². The first-order valence-electron chi connectivity index (χ1n) is 10.9. The third-order valence-corrected chi connectivity index (χ3v) is 5.80. The van der Waals surface area contributed by atoms with Gasteiger partial charge in [0.25, 0.3) is 0 Å². The maximum atomic E-state index is 9.39. The lowest BCUT2D eigenvalue weighted by molar-refractivity contribution is 0.174. The summed E-state index contributed by atoms with van der Waals surface area (Å²) in [5.74, 6) is 3.55. The highest BCUT2D eigenvalue weighted by Gasteiger charge is 2.20. The van der Waals surface area contributed by atoms with E-state index in [1.165, 1.54) is 11.1 Å². The van der Waals surface area contributed by atoms with Crippen LogP contribution in [0.2, 0.25) is 0 Å². The van der Waals surface area contributed by atoms with Gasteiger partial charge in [0.2, 0.25) is 12.7 Å². The molecule has 0 aliphatic carbocycles. The van der Waals surface area contributed by atoms with Crippen molar-refractivity contribution in [3.8, 4) is 17.2 Å². The molecule has 8 nitrogen and oxygen atoms in total. The van der Waals surface area contributed by atoms with E-state index in [0.29, 0.717) is 6.79 Å². The molecule has 166 valence electrons. The van der Waals surface area contributed by atoms with Crippen LogP contribution in [0.5, 0.6) is 17.2 Å². The van der Waals surface area contributed by atoms with E-state index in [9.17, 15) is 5.11 Å². The molecular formula is C24H27N5O3. The lowest BCUT2D eigenvalue weighted by atomic mass is 10.1. The van der Waals surface area contributed by atoms with Gasteiger partial charge in [-0.3, -0.25) is 4.90 Å². The first-order valence-corrected chi connectivity index (χ1v) is 10.9. The summed E-state index contributed by atoms with van der Waals surface area (Å²) in [4.78, 5) is 13.9. The first-order chi connectivity index (χ1) is 15.7. The Morgan fingerprint density at radius 2 is 1.69 bits per heavy atom. The average molecular weight is 434 g/mol. The van der Waals surface area contributed by atoms with Crippen molar-refractivity contribution in [3.63, 3.8) is 0 Å². The number of anilines is 2. The second kappa shape index (κ2) is 9.32. The van der Waals surface area contributed by atoms with Crippen molar-refractivity contribution in [2.75, 3.05) is 49.7 Å². The van der Waals surface area contributed by atoms with Crippen molar-refractivity contribution in [2.24, 2.45) is 0 Å². The van der Waals surface area contributed by atoms with E-state index < -0.39 is 0 Å². The molecule has 32 heavy (non-hydrogen) atoms. The maximum Gasteiger partial charge on any atom is 0.231 e. The summed E-state index contributed by atoms with van der Waals surface area (Å²) < 4.78 is 10.9. The monoisotopic (exact) mass is 433 g/mol. The number of fused-ring (bicyclic) bond motifs is 1. The number of aromatic hydroxyl groups is 1. The molecular weight excluding hydrogens is 406 g/mol. The molecule has 0 radical (unpaired) electrons. The van der Waals surface area contributed by atoms with E-state index in [2.05, 4.69) is 32.2 Å². The Morgan fingerprint density at radius 3 is 2.53 bits per heavy atom. The number of hydrogen-bond acceptors (Lipinski definition) is 8. The summed E-state index contributed by atoms with van der Waals surface area (Å²) in [6.45, 7) is 5.66. The molecule has 2 aromatic carbocycles. The molecule has 0 atom stereocenters. The van der Waals surface area contributed by atoms with E-state index in [1.807, 2.05) is 30.5 Å². The van der Waals surface area contributed by atoms with Gasteiger partial charge in [-0.1, -0.05) is 18.2 Å². The third kappa shape index (κ3) is 4.86. The van der Waals surface area contributed by atoms with Crippen molar-refractivity contribution < 1.29 is 14.6 Å². The van der Waals surface area contributed by atoms with Gasteiger partial charge in [-0.15, -0.1) is 0 Å². The number of ether oxygens (including phenoxy) is 2. The smallest absolute Gasteiger partial charge is 0.231 e. The summed E-state index contributed by atoms with van der Waals surface area (Å²) in [5, 5.41) is 12.8. The second-order valence-corrected chi connectivity index (χ2v) is 8.04. The molecule has 0 unspecified atom stereocenters. The van der Waals surface area contributed by atoms with E-state index in [-0.39, 0.29) is 5.75 Å². The van der Waals surface area contributed by atoms with Gasteiger partial charge in [0.05, 0.1) is 0 Å². The highest BCUT2D eigenvalue weighted by molar-refractivity contribution is 5.45. The van der Waals surface area contributed by atoms with E-state index in [1.54, 1.807) is 12.1 Å². The van der Waals surface area contributed by atoms with E-state index in [4.69, 9.17) is 14.5 Å². The topological polar surface area (TPSA) is 83.0 Å². The van der Waals surface area contributed by atoms with E-state index >= 15 is 0 Å². The molecule has 2 N–H and O–H groups in total. The number of hydrogen-bond donors (Lipinski definition) is 2. The van der Waals surface area contributed by atoms with Crippen LogP contribution in [0, 0.1) is 0 Å². The van der Waals surface area contributed by atoms with Gasteiger partial charge >= 0.3 is 0 Å². The Labute approximate surface area is 187 Å². The van der Waals surface area contributed by atoms with Crippen molar-refractivity contribution in [2.45, 2.75) is 13.0 Å². The summed E-state index contributed by atoms with van der Waals surface area (Å²) in [7, 11) is 0. The van der Waals surface area contributed by atoms with Crippen LogP contribution < -0.4 is 19.7 Å². The lowest BCUT2D eigenvalue weighted by Gasteiger charge is -2.34. The van der Waals surface area contributed by atoms with Crippen LogP contribution in [-0.4, -0.2) is 59.5 Å². The van der Waals surface area contributed by atoms with Crippen LogP contribution in [0.25, 0.3) is 0 Å². The molecule has 8 heteroatoms. The van der Waals surface area contributed by atoms with Gasteiger partial charge in [0.1, 0.15) is 11.6 Å². The van der Waals surface area contributed by atoms with Crippen LogP contribution in [0.1, 0.15) is 11.1 Å². The molecule has 5 rings (SSSR count). The van der Waals surface area contributed by atoms with Crippen molar-refractivity contribution >= 4 is 11.8 Å². The SMILES string of the molecule is Oc1ccc(CCNc2ccnc(N3CCN(Cc4ccc5c(c4)OCO5)CC3)n2)cc1. The van der Waals surface area contributed by atoms with Crippen LogP contribution >= 0.6 is 0 Å². The van der Waals surface area contributed by atoms with Crippen LogP contribution in [0.3, 0.4) is 0 Å². The zero-order valence-electron chi connectivity index (χ0n) is 17.9. The number of nitrogens with zero attached hydrogens (tertiary/aromatic N) is 4. The zero-order valence-corrected chi connectivity index (χ0v) is 17.9. The second-order valence-electron chi connectivity index (χ2n) is 8.04. The van der Waals surface area contributed by atoms with E-state index in [0.717, 1.165) is 69.0 Å². The summed E-state index contributed by atoms with van der Waals surface area (Å²) in [6.07, 6.45) is 2.67. The normalized spacial score (nSPS) is 15.7. The Hall–Kier alpha value is -3.52. The number of benzene rings is 2. The fourth-order valence-electron chi connectivity index (χ4n) is 4.00. The van der Waals surface area contributed by atoms with Gasteiger partial charge in [-0.05, 0) is 47.9 Å². The Morgan fingerprint density at radius 1 is 0.906 bits per heavy atom. The minimum Gasteiger partial charge on any atom is -0.508 e. The molecule has 3 heterocycles. The average Bonchev–Trinajstić information content (AvgIpc) is 3.29. The minimum absolute atomic E-state index is 0.290. The first kappa shape index (κ1) is 20.4. The number of nitrogens with one attached hydrogen (secondary N) is 1. The number of phenols is 1. The Bertz CT molecular complexity index is 1050. The molecule has 1 aromatic heterocycles. The van der Waals surface area contributed by atoms with Crippen molar-refractivity contribution in [1.29, 1.82) is 0 Å². The molecule has 1 fully saturated rings. The molecule has 3 aromatic rings. The van der Waals surface area contributed by atoms with Gasteiger partial charge in [0, 0.05) is 45.5 Å². The maximum absolute atomic E-state index is 9.39. The van der Waals surface area contributed by atoms with Crippen LogP contribution in [0.15, 0.2) is 54.7 Å². The molecule has 0 amide bonds. The predicted octanol–water partition coefficient (Wildman–Crippen LogP) is 2.89. The van der Waals surface area contributed by atoms with Gasteiger partial charge in [-0.2, -0.15) is 4.98 Å². The fraction of sp³-hybridized carbons (Fsp3) is 0.333. The molecule has 2 aliphatic heterocycles. The molecule has 0 saturated carbocycles. The number of aromatic nitrogens is 2. The van der Waals surface area contributed by atoms with Gasteiger partial charge < -0.3 is 24.8 Å². The highest BCUT2D eigenvalue weighted by atomic mass is 16.7. The number of piperazine rings is 1. The zero-order chi connectivity index (χ0) is 21.8. The fourth-order valence-corrected chi connectivity index (χ4v) is 4.00. The van der Waals surface area contributed by atoms with Crippen molar-refractivity contribution in [3.05, 3.63) is 65.9 Å². The minimum atomic E-state index is 0.290. The highest BCUT2D eigenvalue weighted by Crippen LogP contribution is 2.32. The third-order valence-electron chi connectivity index (χ3n) is 5.80. The van der Waals surface area contributed by atoms with Crippen LogP contribution in [0.4, 0.5) is 11.8 Å². The predicted molar refractivity (Wildman–Crippen MR) is 122 cm³/mol. The molecule has 1 saturated heterocycles. The summed E-state index contributed by atoms with van der Waals surface area (Å²) in [5.41, 5.74) is 2.40. The number of rotatable bonds is 7. The number of phenolic OH excluding ortho intramolecular Hbond substituents is 1. The standard InChI is InChI=1S/C24H27N5O3/c30-20-4-1-18(2-5-20)7-9-25-23-8-10-26-24(27-23)29-13-11-28(12-14-29)16-19-3-6-21-22(15-19)32-17-31-21/h1-6,8,10,15,30H,7,9,11-14,16-17H2,(H,25,26,27). The van der Waals surface area contributed by atoms with Gasteiger partial charge in [-0.25, -0.2) is 4.98 Å². The molecule has 0 spiro atoms. The lowest BCUT2D eigenvalue weighted by Crippen LogP contribution is -2.46. The Balaban J connectivity index is 1.11. The van der Waals surface area contributed by atoms with Crippen molar-refractivity contribution in [1.82, 2.24) is 14.9 Å². The summed E-state index contributed by atoms with van der Waals surface area (Å²) >= 11 is 0. The molecule has 2 aliphatic rings.